The van der Waals surface area contributed by atoms with E-state index in [1.807, 2.05) is 44.2 Å². The standard InChI is InChI=1S/C27H27N3O4/c1-27(2)12-20(31)25-22(13-27)34-26(29)19(14-28)24(25)18-10-6-7-11-21(18)33-16-23(32)30-15-17-8-4-3-5-9-17/h3-11,24H,12-13,15-16,29H2,1-2H3,(H,30,32). The maximum Gasteiger partial charge on any atom is 0.258 e. The summed E-state index contributed by atoms with van der Waals surface area (Å²) in [6, 6.07) is 18.8. The van der Waals surface area contributed by atoms with Gasteiger partial charge in [-0.05, 0) is 17.0 Å². The quantitative estimate of drug-likeness (QED) is 0.681. The molecule has 0 fully saturated rings. The number of amides is 1. The van der Waals surface area contributed by atoms with Crippen LogP contribution in [0, 0.1) is 16.7 Å². The maximum absolute atomic E-state index is 13.2. The first-order valence-electron chi connectivity index (χ1n) is 11.2. The fourth-order valence-electron chi connectivity index (χ4n) is 4.44. The Balaban J connectivity index is 1.59. The van der Waals surface area contributed by atoms with E-state index in [0.717, 1.165) is 5.56 Å². The van der Waals surface area contributed by atoms with E-state index in [1.54, 1.807) is 24.3 Å². The van der Waals surface area contributed by atoms with Crippen LogP contribution >= 0.6 is 0 Å². The van der Waals surface area contributed by atoms with Crippen LogP contribution in [0.25, 0.3) is 0 Å². The van der Waals surface area contributed by atoms with Gasteiger partial charge in [0.25, 0.3) is 5.91 Å². The lowest BCUT2D eigenvalue weighted by atomic mass is 9.70. The molecule has 7 heteroatoms. The van der Waals surface area contributed by atoms with Crippen LogP contribution in [0.4, 0.5) is 0 Å². The van der Waals surface area contributed by atoms with Gasteiger partial charge in [-0.25, -0.2) is 0 Å². The fourth-order valence-corrected chi connectivity index (χ4v) is 4.44. The molecule has 1 unspecified atom stereocenters. The van der Waals surface area contributed by atoms with Crippen LogP contribution in [-0.4, -0.2) is 18.3 Å². The second kappa shape index (κ2) is 9.44. The number of ether oxygens (including phenoxy) is 2. The van der Waals surface area contributed by atoms with Gasteiger partial charge < -0.3 is 20.5 Å². The molecule has 2 aromatic rings. The summed E-state index contributed by atoms with van der Waals surface area (Å²) in [5.74, 6) is -0.163. The second-order valence-electron chi connectivity index (χ2n) is 9.29. The van der Waals surface area contributed by atoms with E-state index in [4.69, 9.17) is 15.2 Å². The fraction of sp³-hybridized carbons (Fsp3) is 0.296. The van der Waals surface area contributed by atoms with E-state index in [2.05, 4.69) is 11.4 Å². The van der Waals surface area contributed by atoms with Crippen LogP contribution in [-0.2, 0) is 20.9 Å². The lowest BCUT2D eigenvalue weighted by Crippen LogP contribution is -2.33. The lowest BCUT2D eigenvalue weighted by molar-refractivity contribution is -0.123. The molecule has 3 N–H and O–H groups in total. The van der Waals surface area contributed by atoms with Gasteiger partial charge in [-0.2, -0.15) is 5.26 Å². The van der Waals surface area contributed by atoms with Crippen LogP contribution < -0.4 is 15.8 Å². The minimum absolute atomic E-state index is 0.00726. The molecule has 0 bridgehead atoms. The van der Waals surface area contributed by atoms with Crippen molar-refractivity contribution in [2.75, 3.05) is 6.61 Å². The molecule has 174 valence electrons. The van der Waals surface area contributed by atoms with Crippen molar-refractivity contribution in [1.82, 2.24) is 5.32 Å². The van der Waals surface area contributed by atoms with Crippen LogP contribution in [0.15, 0.2) is 77.4 Å². The zero-order chi connectivity index (χ0) is 24.3. The summed E-state index contributed by atoms with van der Waals surface area (Å²) in [5, 5.41) is 12.7. The van der Waals surface area contributed by atoms with E-state index in [1.165, 1.54) is 0 Å². The first-order valence-corrected chi connectivity index (χ1v) is 11.2. The third kappa shape index (κ3) is 4.81. The van der Waals surface area contributed by atoms with Crippen molar-refractivity contribution in [3.05, 3.63) is 88.5 Å². The number of nitriles is 1. The molecule has 1 aliphatic heterocycles. The average molecular weight is 458 g/mol. The Hall–Kier alpha value is -4.05. The van der Waals surface area contributed by atoms with Gasteiger partial charge in [0.15, 0.2) is 12.4 Å². The molecule has 2 aliphatic rings. The van der Waals surface area contributed by atoms with Crippen molar-refractivity contribution in [2.45, 2.75) is 39.2 Å². The monoisotopic (exact) mass is 457 g/mol. The molecule has 0 saturated carbocycles. The number of Topliss-reactive ketones (excluding diaryl/α,β-unsaturated/α-hetero) is 1. The number of rotatable bonds is 6. The van der Waals surface area contributed by atoms with Gasteiger partial charge in [0.2, 0.25) is 5.88 Å². The lowest BCUT2D eigenvalue weighted by Gasteiger charge is -2.37. The number of benzene rings is 2. The van der Waals surface area contributed by atoms with E-state index in [9.17, 15) is 14.9 Å². The molecule has 0 radical (unpaired) electrons. The number of hydrogen-bond acceptors (Lipinski definition) is 6. The molecule has 4 rings (SSSR count). The Labute approximate surface area is 198 Å². The molecule has 0 spiro atoms. The van der Waals surface area contributed by atoms with Gasteiger partial charge in [-0.15, -0.1) is 0 Å². The van der Waals surface area contributed by atoms with Gasteiger partial charge in [0.1, 0.15) is 23.2 Å². The van der Waals surface area contributed by atoms with E-state index >= 15 is 0 Å². The summed E-state index contributed by atoms with van der Waals surface area (Å²) < 4.78 is 11.6. The third-order valence-corrected chi connectivity index (χ3v) is 6.00. The molecular formula is C27H27N3O4. The van der Waals surface area contributed by atoms with Crippen molar-refractivity contribution in [1.29, 1.82) is 5.26 Å². The number of carbonyl (C=O) groups is 2. The predicted octanol–water partition coefficient (Wildman–Crippen LogP) is 3.83. The smallest absolute Gasteiger partial charge is 0.258 e. The Kier molecular flexibility index (Phi) is 6.42. The molecule has 0 aromatic heterocycles. The highest BCUT2D eigenvalue weighted by molar-refractivity contribution is 6.00. The molecule has 1 atom stereocenters. The molecule has 2 aromatic carbocycles. The Morgan fingerprint density at radius 1 is 1.18 bits per heavy atom. The van der Waals surface area contributed by atoms with Crippen molar-refractivity contribution in [2.24, 2.45) is 11.1 Å². The van der Waals surface area contributed by atoms with Crippen LogP contribution in [0.5, 0.6) is 5.75 Å². The number of ketones is 1. The van der Waals surface area contributed by atoms with Gasteiger partial charge in [0, 0.05) is 30.5 Å². The maximum atomic E-state index is 13.2. The Bertz CT molecular complexity index is 1220. The molecule has 7 nitrogen and oxygen atoms in total. The van der Waals surface area contributed by atoms with Gasteiger partial charge in [-0.3, -0.25) is 9.59 Å². The molecule has 0 saturated heterocycles. The summed E-state index contributed by atoms with van der Waals surface area (Å²) in [6.07, 6.45) is 0.879. The number of nitrogens with zero attached hydrogens (tertiary/aromatic N) is 1. The van der Waals surface area contributed by atoms with Crippen LogP contribution in [0.1, 0.15) is 43.7 Å². The highest BCUT2D eigenvalue weighted by Crippen LogP contribution is 2.49. The largest absolute Gasteiger partial charge is 0.483 e. The number of allylic oxidation sites excluding steroid dienone is 3. The number of nitrogens with two attached hydrogens (primary N) is 1. The first kappa shape index (κ1) is 23.1. The van der Waals surface area contributed by atoms with Crippen molar-refractivity contribution in [3.8, 4) is 11.8 Å². The van der Waals surface area contributed by atoms with Crippen LogP contribution in [0.3, 0.4) is 0 Å². The summed E-state index contributed by atoms with van der Waals surface area (Å²) >= 11 is 0. The SMILES string of the molecule is CC1(C)CC(=O)C2=C(C1)OC(N)=C(C#N)C2c1ccccc1OCC(=O)NCc1ccccc1. The zero-order valence-corrected chi connectivity index (χ0v) is 19.3. The van der Waals surface area contributed by atoms with Crippen molar-refractivity contribution >= 4 is 11.7 Å². The van der Waals surface area contributed by atoms with E-state index in [-0.39, 0.29) is 35.2 Å². The number of para-hydroxylation sites is 1. The number of carbonyl (C=O) groups excluding carboxylic acids is 2. The number of hydrogen-bond donors (Lipinski definition) is 2. The Morgan fingerprint density at radius 2 is 1.88 bits per heavy atom. The summed E-state index contributed by atoms with van der Waals surface area (Å²) in [7, 11) is 0. The first-order chi connectivity index (χ1) is 16.3. The van der Waals surface area contributed by atoms with Gasteiger partial charge >= 0.3 is 0 Å². The summed E-state index contributed by atoms with van der Waals surface area (Å²) in [5.41, 5.74) is 8.03. The number of nitrogens with one attached hydrogen (secondary N) is 1. The molecule has 34 heavy (non-hydrogen) atoms. The second-order valence-corrected chi connectivity index (χ2v) is 9.29. The predicted molar refractivity (Wildman–Crippen MR) is 126 cm³/mol. The third-order valence-electron chi connectivity index (χ3n) is 6.00. The minimum atomic E-state index is -0.707. The highest BCUT2D eigenvalue weighted by Gasteiger charge is 2.43. The van der Waals surface area contributed by atoms with E-state index < -0.39 is 5.92 Å². The van der Waals surface area contributed by atoms with E-state index in [0.29, 0.717) is 42.0 Å². The highest BCUT2D eigenvalue weighted by atomic mass is 16.5. The normalized spacial score (nSPS) is 19.1. The molecular weight excluding hydrogens is 430 g/mol. The van der Waals surface area contributed by atoms with Crippen LogP contribution in [0.2, 0.25) is 0 Å². The molecule has 1 amide bonds. The van der Waals surface area contributed by atoms with Crippen molar-refractivity contribution < 1.29 is 19.1 Å². The van der Waals surface area contributed by atoms with Crippen molar-refractivity contribution in [3.63, 3.8) is 0 Å². The Morgan fingerprint density at radius 3 is 2.62 bits per heavy atom. The van der Waals surface area contributed by atoms with Gasteiger partial charge in [0.05, 0.1) is 5.92 Å². The topological polar surface area (TPSA) is 114 Å². The zero-order valence-electron chi connectivity index (χ0n) is 19.3. The minimum Gasteiger partial charge on any atom is -0.483 e. The molecule has 1 heterocycles. The summed E-state index contributed by atoms with van der Waals surface area (Å²) in [6.45, 7) is 4.18. The molecule has 1 aliphatic carbocycles. The average Bonchev–Trinajstić information content (AvgIpc) is 2.80. The van der Waals surface area contributed by atoms with Gasteiger partial charge in [-0.1, -0.05) is 62.4 Å². The summed E-state index contributed by atoms with van der Waals surface area (Å²) in [4.78, 5) is 25.6.